The number of carbonyl (C=O) groups is 1. The Labute approximate surface area is 214 Å². The summed E-state index contributed by atoms with van der Waals surface area (Å²) in [6.45, 7) is -0.986. The number of hydrogen-bond donors (Lipinski definition) is 13. The molecule has 3 aliphatic heterocycles. The van der Waals surface area contributed by atoms with Crippen molar-refractivity contribution in [3.8, 4) is 0 Å². The zero-order valence-corrected chi connectivity index (χ0v) is 20.0. The molecule has 0 aromatic rings. The second kappa shape index (κ2) is 11.7. The fourth-order valence-electron chi connectivity index (χ4n) is 4.62. The molecule has 1 unspecified atom stereocenters. The maximum Gasteiger partial charge on any atom is 0.225 e. The molecule has 38 heavy (non-hydrogen) atoms. The van der Waals surface area contributed by atoms with Crippen LogP contribution >= 0.6 is 0 Å². The number of carbonyl (C=O) groups excluding carboxylic acids is 1. The first-order valence-electron chi connectivity index (χ1n) is 11.6. The lowest BCUT2D eigenvalue weighted by Crippen LogP contribution is -2.74. The highest BCUT2D eigenvalue weighted by molar-refractivity contribution is 5.78. The van der Waals surface area contributed by atoms with E-state index in [2.05, 4.69) is 5.32 Å². The molecule has 0 aromatic carbocycles. The van der Waals surface area contributed by atoms with E-state index in [4.69, 9.17) is 18.9 Å². The molecule has 3 rings (SSSR count). The standard InChI is InChI=1S/C20H35NO17/c1-19(14(31)8(26)11(29)17(34)37-19)2-6(24)21-20(4-23)15(32)9(27)12(30)18(38-20)36-13-5(3-22)35-16(33)10(28)7(13)25/h5,7-18,22-23,25-34H,2-4H2,1H3,(H,21,24)/t5-,7-,8+,9-,10-,11+,12-,13-,14+,15-,16-,17?,18+,19+,20-/m1/s1. The second-order valence-corrected chi connectivity index (χ2v) is 9.76. The van der Waals surface area contributed by atoms with Crippen molar-refractivity contribution in [2.24, 2.45) is 0 Å². The van der Waals surface area contributed by atoms with E-state index >= 15 is 0 Å². The zero-order valence-electron chi connectivity index (χ0n) is 20.0. The minimum absolute atomic E-state index is 0.852. The number of nitrogens with one attached hydrogen (secondary N) is 1. The van der Waals surface area contributed by atoms with Crippen molar-refractivity contribution in [2.45, 2.75) is 105 Å². The molecule has 0 aromatic heterocycles. The van der Waals surface area contributed by atoms with Crippen molar-refractivity contribution < 1.29 is 85.0 Å². The van der Waals surface area contributed by atoms with Crippen molar-refractivity contribution in [2.75, 3.05) is 13.2 Å². The number of amides is 1. The Morgan fingerprint density at radius 3 is 1.95 bits per heavy atom. The molecule has 0 aliphatic carbocycles. The first-order chi connectivity index (χ1) is 17.6. The molecule has 3 aliphatic rings. The Bertz CT molecular complexity index is 820. The van der Waals surface area contributed by atoms with Gasteiger partial charge < -0.3 is 85.5 Å². The number of rotatable bonds is 7. The Morgan fingerprint density at radius 1 is 0.789 bits per heavy atom. The Balaban J connectivity index is 1.80. The fourth-order valence-corrected chi connectivity index (χ4v) is 4.62. The van der Waals surface area contributed by atoms with Crippen LogP contribution in [0.25, 0.3) is 0 Å². The van der Waals surface area contributed by atoms with Gasteiger partial charge in [-0.2, -0.15) is 0 Å². The lowest BCUT2D eigenvalue weighted by atomic mass is 9.85. The van der Waals surface area contributed by atoms with Crippen molar-refractivity contribution in [1.29, 1.82) is 0 Å². The Kier molecular flexibility index (Phi) is 9.69. The maximum atomic E-state index is 12.9. The highest BCUT2D eigenvalue weighted by atomic mass is 16.7. The molecule has 0 saturated carbocycles. The third kappa shape index (κ3) is 5.67. The summed E-state index contributed by atoms with van der Waals surface area (Å²) in [5.74, 6) is -1.15. The zero-order chi connectivity index (χ0) is 28.7. The van der Waals surface area contributed by atoms with Crippen molar-refractivity contribution >= 4 is 5.91 Å². The molecular weight excluding hydrogens is 526 g/mol. The number of aliphatic hydroxyl groups is 12. The summed E-state index contributed by atoms with van der Waals surface area (Å²) in [7, 11) is 0. The first-order valence-corrected chi connectivity index (χ1v) is 11.6. The third-order valence-corrected chi connectivity index (χ3v) is 6.97. The maximum absolute atomic E-state index is 12.9. The summed E-state index contributed by atoms with van der Waals surface area (Å²) >= 11 is 0. The average molecular weight is 561 g/mol. The topological polar surface area (TPSA) is 309 Å². The van der Waals surface area contributed by atoms with Crippen LogP contribution < -0.4 is 5.32 Å². The minimum Gasteiger partial charge on any atom is -0.394 e. The van der Waals surface area contributed by atoms with Crippen LogP contribution in [0.1, 0.15) is 13.3 Å². The van der Waals surface area contributed by atoms with Gasteiger partial charge in [-0.05, 0) is 6.92 Å². The van der Waals surface area contributed by atoms with Gasteiger partial charge in [0.15, 0.2) is 24.6 Å². The van der Waals surface area contributed by atoms with Crippen LogP contribution in [-0.2, 0) is 23.7 Å². The fraction of sp³-hybridized carbons (Fsp3) is 0.950. The summed E-state index contributed by atoms with van der Waals surface area (Å²) in [6, 6.07) is 0. The predicted molar refractivity (Wildman–Crippen MR) is 114 cm³/mol. The van der Waals surface area contributed by atoms with Crippen LogP contribution in [0.4, 0.5) is 0 Å². The van der Waals surface area contributed by atoms with E-state index in [1.165, 1.54) is 0 Å². The minimum atomic E-state index is -2.60. The van der Waals surface area contributed by atoms with E-state index in [1.54, 1.807) is 0 Å². The van der Waals surface area contributed by atoms with Crippen LogP contribution in [0.5, 0.6) is 0 Å². The normalized spacial score (nSPS) is 52.0. The van der Waals surface area contributed by atoms with Gasteiger partial charge in [0.05, 0.1) is 19.6 Å². The van der Waals surface area contributed by atoms with E-state index in [0.29, 0.717) is 0 Å². The molecule has 3 saturated heterocycles. The molecule has 3 heterocycles. The molecule has 0 radical (unpaired) electrons. The summed E-state index contributed by atoms with van der Waals surface area (Å²) in [6.07, 6.45) is -25.9. The van der Waals surface area contributed by atoms with Gasteiger partial charge in [0.1, 0.15) is 66.6 Å². The van der Waals surface area contributed by atoms with E-state index in [1.807, 2.05) is 0 Å². The van der Waals surface area contributed by atoms with Gasteiger partial charge in [-0.15, -0.1) is 0 Å². The van der Waals surface area contributed by atoms with Crippen LogP contribution in [0.2, 0.25) is 0 Å². The lowest BCUT2D eigenvalue weighted by Gasteiger charge is -2.50. The van der Waals surface area contributed by atoms with Gasteiger partial charge in [0.25, 0.3) is 0 Å². The quantitative estimate of drug-likeness (QED) is 0.137. The Morgan fingerprint density at radius 2 is 1.37 bits per heavy atom. The summed E-state index contributed by atoms with van der Waals surface area (Å²) in [5, 5.41) is 122. The largest absolute Gasteiger partial charge is 0.394 e. The van der Waals surface area contributed by atoms with Crippen molar-refractivity contribution in [3.05, 3.63) is 0 Å². The predicted octanol–water partition coefficient (Wildman–Crippen LogP) is -8.37. The van der Waals surface area contributed by atoms with Gasteiger partial charge >= 0.3 is 0 Å². The second-order valence-electron chi connectivity index (χ2n) is 9.76. The molecule has 15 atom stereocenters. The Hall–Kier alpha value is -1.17. The number of hydrogen-bond acceptors (Lipinski definition) is 17. The van der Waals surface area contributed by atoms with Gasteiger partial charge in [0.2, 0.25) is 5.91 Å². The molecule has 0 bridgehead atoms. The highest BCUT2D eigenvalue weighted by Crippen LogP contribution is 2.35. The van der Waals surface area contributed by atoms with E-state index in [9.17, 15) is 66.1 Å². The third-order valence-electron chi connectivity index (χ3n) is 6.97. The molecule has 3 fully saturated rings. The molecule has 13 N–H and O–H groups in total. The molecular formula is C20H35NO17. The number of aliphatic hydroxyl groups excluding tert-OH is 12. The van der Waals surface area contributed by atoms with Gasteiger partial charge in [-0.25, -0.2) is 0 Å². The van der Waals surface area contributed by atoms with E-state index < -0.39 is 117 Å². The van der Waals surface area contributed by atoms with Crippen LogP contribution in [0.3, 0.4) is 0 Å². The summed E-state index contributed by atoms with van der Waals surface area (Å²) < 4.78 is 20.8. The van der Waals surface area contributed by atoms with Crippen LogP contribution in [-0.4, -0.2) is 172 Å². The summed E-state index contributed by atoms with van der Waals surface area (Å²) in [4.78, 5) is 12.9. The van der Waals surface area contributed by atoms with Gasteiger partial charge in [-0.3, -0.25) is 4.79 Å². The highest BCUT2D eigenvalue weighted by Gasteiger charge is 2.58. The molecule has 222 valence electrons. The first kappa shape index (κ1) is 31.4. The van der Waals surface area contributed by atoms with Crippen LogP contribution in [0, 0.1) is 0 Å². The van der Waals surface area contributed by atoms with E-state index in [-0.39, 0.29) is 0 Å². The van der Waals surface area contributed by atoms with Crippen LogP contribution in [0.15, 0.2) is 0 Å². The molecule has 18 nitrogen and oxygen atoms in total. The molecule has 0 spiro atoms. The number of ether oxygens (including phenoxy) is 4. The van der Waals surface area contributed by atoms with Gasteiger partial charge in [-0.1, -0.05) is 0 Å². The monoisotopic (exact) mass is 561 g/mol. The van der Waals surface area contributed by atoms with Crippen molar-refractivity contribution in [1.82, 2.24) is 5.32 Å². The van der Waals surface area contributed by atoms with Crippen molar-refractivity contribution in [3.63, 3.8) is 0 Å². The SMILES string of the molecule is C[C@@]1(CC(=O)N[C@]2(CO)O[C@H](O[C@H]3[C@H](O)[C@@H](O)[C@H](O)O[C@@H]3CO)[C@H](O)[C@@H](O)[C@H]2O)OC(O)[C@@H](O)[C@H](O)[C@@H]1O. The van der Waals surface area contributed by atoms with E-state index in [0.717, 1.165) is 6.92 Å². The smallest absolute Gasteiger partial charge is 0.225 e. The lowest BCUT2D eigenvalue weighted by molar-refractivity contribution is -0.378. The van der Waals surface area contributed by atoms with Gasteiger partial charge in [0, 0.05) is 0 Å². The average Bonchev–Trinajstić information content (AvgIpc) is 2.87. The molecule has 18 heteroatoms. The summed E-state index contributed by atoms with van der Waals surface area (Å²) in [5.41, 5.74) is -4.60. The molecule has 1 amide bonds.